The molecule has 1 fully saturated rings. The number of nitrogens with one attached hydrogen (secondary N) is 1. The van der Waals surface area contributed by atoms with Gasteiger partial charge < -0.3 is 5.32 Å². The fourth-order valence-corrected chi connectivity index (χ4v) is 1.95. The van der Waals surface area contributed by atoms with E-state index in [4.69, 9.17) is 0 Å². The van der Waals surface area contributed by atoms with Gasteiger partial charge in [0.1, 0.15) is 12.2 Å². The number of rotatable bonds is 3. The summed E-state index contributed by atoms with van der Waals surface area (Å²) in [5.41, 5.74) is -0.355. The first-order valence-electron chi connectivity index (χ1n) is 5.23. The van der Waals surface area contributed by atoms with Crippen LogP contribution < -0.4 is 5.32 Å². The van der Waals surface area contributed by atoms with Crippen molar-refractivity contribution in [2.24, 2.45) is 7.05 Å². The topological polar surface area (TPSA) is 59.8 Å². The third-order valence-corrected chi connectivity index (χ3v) is 3.11. The highest BCUT2D eigenvalue weighted by molar-refractivity contribution is 5.89. The minimum atomic E-state index is -0.355. The van der Waals surface area contributed by atoms with Gasteiger partial charge in [-0.05, 0) is 26.3 Å². The number of carbonyl (C=O) groups excluding carboxylic acids is 1. The first kappa shape index (κ1) is 10.3. The van der Waals surface area contributed by atoms with E-state index in [9.17, 15) is 4.79 Å². The van der Waals surface area contributed by atoms with Crippen LogP contribution in [-0.2, 0) is 18.3 Å². The summed E-state index contributed by atoms with van der Waals surface area (Å²) in [4.78, 5) is 16.1. The third-order valence-electron chi connectivity index (χ3n) is 3.11. The fraction of sp³-hybridized carbons (Fsp3) is 0.700. The Hall–Kier alpha value is -1.23. The molecule has 1 unspecified atom stereocenters. The summed E-state index contributed by atoms with van der Waals surface area (Å²) in [6, 6.07) is 0. The van der Waals surface area contributed by atoms with E-state index in [1.54, 1.807) is 11.7 Å². The second-order valence-electron chi connectivity index (χ2n) is 4.26. The number of hydrogen-bond donors (Lipinski definition) is 1. The third kappa shape index (κ3) is 1.92. The van der Waals surface area contributed by atoms with Crippen LogP contribution in [0.4, 0.5) is 0 Å². The number of aromatic nitrogens is 3. The Labute approximate surface area is 88.9 Å². The van der Waals surface area contributed by atoms with Gasteiger partial charge in [0.05, 0.1) is 12.0 Å². The van der Waals surface area contributed by atoms with Gasteiger partial charge in [0.25, 0.3) is 0 Å². The second-order valence-corrected chi connectivity index (χ2v) is 4.26. The van der Waals surface area contributed by atoms with Crippen LogP contribution in [0.1, 0.15) is 25.6 Å². The number of hydrogen-bond acceptors (Lipinski definition) is 4. The highest BCUT2D eigenvalue weighted by Crippen LogP contribution is 2.20. The molecular weight excluding hydrogens is 192 g/mol. The lowest BCUT2D eigenvalue weighted by Crippen LogP contribution is -2.45. The number of nitrogens with zero attached hydrogens (tertiary/aromatic N) is 3. The van der Waals surface area contributed by atoms with E-state index in [1.165, 1.54) is 6.33 Å². The van der Waals surface area contributed by atoms with E-state index in [0.29, 0.717) is 6.42 Å². The van der Waals surface area contributed by atoms with Crippen LogP contribution >= 0.6 is 0 Å². The first-order chi connectivity index (χ1) is 7.12. The predicted octanol–water partition coefficient (Wildman–Crippen LogP) is 0.0688. The summed E-state index contributed by atoms with van der Waals surface area (Å²) in [6.45, 7) is 2.90. The number of aryl methyl sites for hydroxylation is 1. The zero-order valence-corrected chi connectivity index (χ0v) is 9.16. The number of ketones is 1. The molecule has 0 spiro atoms. The molecule has 1 aliphatic heterocycles. The zero-order valence-electron chi connectivity index (χ0n) is 9.16. The monoisotopic (exact) mass is 208 g/mol. The summed E-state index contributed by atoms with van der Waals surface area (Å²) in [6.07, 6.45) is 3.83. The molecule has 2 rings (SSSR count). The van der Waals surface area contributed by atoms with E-state index in [1.807, 2.05) is 6.92 Å². The number of carbonyl (C=O) groups is 1. The minimum absolute atomic E-state index is 0.205. The molecule has 1 saturated heterocycles. The van der Waals surface area contributed by atoms with Crippen molar-refractivity contribution in [1.82, 2.24) is 20.1 Å². The summed E-state index contributed by atoms with van der Waals surface area (Å²) in [7, 11) is 1.81. The average Bonchev–Trinajstić information content (AvgIpc) is 2.78. The van der Waals surface area contributed by atoms with Crippen LogP contribution in [0.3, 0.4) is 0 Å². The molecular formula is C10H16N4O. The Morgan fingerprint density at radius 2 is 2.53 bits per heavy atom. The van der Waals surface area contributed by atoms with Gasteiger partial charge in [0.2, 0.25) is 0 Å². The lowest BCUT2D eigenvalue weighted by Gasteiger charge is -2.22. The maximum atomic E-state index is 12.0. The first-order valence-corrected chi connectivity index (χ1v) is 5.23. The molecule has 5 heteroatoms. The van der Waals surface area contributed by atoms with E-state index in [0.717, 1.165) is 25.2 Å². The van der Waals surface area contributed by atoms with Crippen molar-refractivity contribution in [3.05, 3.63) is 12.2 Å². The molecule has 15 heavy (non-hydrogen) atoms. The van der Waals surface area contributed by atoms with Crippen molar-refractivity contribution < 1.29 is 4.79 Å². The SMILES string of the molecule is Cn1ncnc1CC(=O)C1(C)CCCN1. The molecule has 1 aromatic rings. The molecule has 0 aliphatic carbocycles. The average molecular weight is 208 g/mol. The lowest BCUT2D eigenvalue weighted by atomic mass is 9.92. The van der Waals surface area contributed by atoms with Gasteiger partial charge >= 0.3 is 0 Å². The molecule has 0 aromatic carbocycles. The Morgan fingerprint density at radius 3 is 3.07 bits per heavy atom. The second kappa shape index (κ2) is 3.73. The largest absolute Gasteiger partial charge is 0.305 e. The van der Waals surface area contributed by atoms with Crippen LogP contribution in [0.15, 0.2) is 6.33 Å². The van der Waals surface area contributed by atoms with Crippen LogP contribution in [0.2, 0.25) is 0 Å². The maximum absolute atomic E-state index is 12.0. The Bertz CT molecular complexity index is 365. The van der Waals surface area contributed by atoms with Gasteiger partial charge in [-0.3, -0.25) is 9.48 Å². The lowest BCUT2D eigenvalue weighted by molar-refractivity contribution is -0.123. The molecule has 0 saturated carbocycles. The van der Waals surface area contributed by atoms with Gasteiger partial charge in [-0.25, -0.2) is 4.98 Å². The van der Waals surface area contributed by atoms with E-state index < -0.39 is 0 Å². The van der Waals surface area contributed by atoms with Gasteiger partial charge in [-0.15, -0.1) is 0 Å². The normalized spacial score (nSPS) is 25.7. The Kier molecular flexibility index (Phi) is 2.56. The Morgan fingerprint density at radius 1 is 1.73 bits per heavy atom. The fourth-order valence-electron chi connectivity index (χ4n) is 1.95. The molecule has 1 aromatic heterocycles. The van der Waals surface area contributed by atoms with E-state index in [-0.39, 0.29) is 11.3 Å². The summed E-state index contributed by atoms with van der Waals surface area (Å²) < 4.78 is 1.65. The van der Waals surface area contributed by atoms with Crippen molar-refractivity contribution in [3.63, 3.8) is 0 Å². The highest BCUT2D eigenvalue weighted by atomic mass is 16.1. The molecule has 0 radical (unpaired) electrons. The molecule has 1 N–H and O–H groups in total. The zero-order chi connectivity index (χ0) is 10.9. The van der Waals surface area contributed by atoms with Crippen LogP contribution in [0.5, 0.6) is 0 Å². The van der Waals surface area contributed by atoms with Gasteiger partial charge in [-0.1, -0.05) is 0 Å². The standard InChI is InChI=1S/C10H16N4O/c1-10(4-3-5-12-10)8(15)6-9-11-7-13-14(9)2/h7,12H,3-6H2,1-2H3. The van der Waals surface area contributed by atoms with Crippen molar-refractivity contribution in [1.29, 1.82) is 0 Å². The molecule has 1 aliphatic rings. The van der Waals surface area contributed by atoms with Crippen molar-refractivity contribution in [2.75, 3.05) is 6.54 Å². The smallest absolute Gasteiger partial charge is 0.160 e. The molecule has 2 heterocycles. The number of Topliss-reactive ketones (excluding diaryl/α,β-unsaturated/α-hetero) is 1. The molecule has 0 amide bonds. The predicted molar refractivity (Wildman–Crippen MR) is 55.4 cm³/mol. The highest BCUT2D eigenvalue weighted by Gasteiger charge is 2.35. The van der Waals surface area contributed by atoms with Gasteiger partial charge in [-0.2, -0.15) is 5.10 Å². The minimum Gasteiger partial charge on any atom is -0.305 e. The van der Waals surface area contributed by atoms with Crippen molar-refractivity contribution in [2.45, 2.75) is 31.7 Å². The van der Waals surface area contributed by atoms with Gasteiger partial charge in [0, 0.05) is 7.05 Å². The maximum Gasteiger partial charge on any atom is 0.160 e. The van der Waals surface area contributed by atoms with Gasteiger partial charge in [0.15, 0.2) is 5.78 Å². The van der Waals surface area contributed by atoms with Crippen molar-refractivity contribution in [3.8, 4) is 0 Å². The van der Waals surface area contributed by atoms with Crippen LogP contribution in [0, 0.1) is 0 Å². The Balaban J connectivity index is 2.07. The summed E-state index contributed by atoms with van der Waals surface area (Å²) >= 11 is 0. The van der Waals surface area contributed by atoms with Crippen molar-refractivity contribution >= 4 is 5.78 Å². The quantitative estimate of drug-likeness (QED) is 0.763. The molecule has 1 atom stereocenters. The molecule has 5 nitrogen and oxygen atoms in total. The van der Waals surface area contributed by atoms with Crippen LogP contribution in [-0.4, -0.2) is 32.6 Å². The van der Waals surface area contributed by atoms with E-state index in [2.05, 4.69) is 15.4 Å². The summed E-state index contributed by atoms with van der Waals surface area (Å²) in [5, 5.41) is 7.21. The van der Waals surface area contributed by atoms with Crippen LogP contribution in [0.25, 0.3) is 0 Å². The molecule has 82 valence electrons. The molecule has 0 bridgehead atoms. The van der Waals surface area contributed by atoms with E-state index >= 15 is 0 Å². The summed E-state index contributed by atoms with van der Waals surface area (Å²) in [5.74, 6) is 0.936.